The first-order chi connectivity index (χ1) is 14.8. The monoisotopic (exact) mass is 429 g/mol. The molecule has 2 aromatic rings. The highest BCUT2D eigenvalue weighted by molar-refractivity contribution is 5.87. The number of nitrogens with zero attached hydrogens (tertiary/aromatic N) is 1. The van der Waals surface area contributed by atoms with Crippen LogP contribution in [0.5, 0.6) is 0 Å². The Morgan fingerprint density at radius 3 is 2.35 bits per heavy atom. The molecule has 1 aliphatic heterocycles. The molecule has 1 N–H and O–H groups in total. The van der Waals surface area contributed by atoms with Crippen LogP contribution in [-0.2, 0) is 11.2 Å². The minimum atomic E-state index is -4.49. The van der Waals surface area contributed by atoms with Gasteiger partial charge in [0.25, 0.3) is 0 Å². The highest BCUT2D eigenvalue weighted by Gasteiger charge is 2.34. The summed E-state index contributed by atoms with van der Waals surface area (Å²) in [6, 6.07) is 13.7. The molecular weight excluding hydrogens is 407 g/mol. The second-order valence-corrected chi connectivity index (χ2v) is 7.27. The maximum atomic E-state index is 13.4. The van der Waals surface area contributed by atoms with Gasteiger partial charge in [-0.1, -0.05) is 54.6 Å². The molecule has 0 saturated carbocycles. The van der Waals surface area contributed by atoms with Gasteiger partial charge in [0.15, 0.2) is 0 Å². The van der Waals surface area contributed by atoms with E-state index in [0.717, 1.165) is 11.6 Å². The molecule has 0 aliphatic carbocycles. The first kappa shape index (κ1) is 22.3. The fourth-order valence-corrected chi connectivity index (χ4v) is 3.56. The second-order valence-electron chi connectivity index (χ2n) is 7.27. The average Bonchev–Trinajstić information content (AvgIpc) is 3.09. The number of carbonyl (C=O) groups excluding carboxylic acids is 1. The van der Waals surface area contributed by atoms with E-state index in [1.54, 1.807) is 41.3 Å². The van der Waals surface area contributed by atoms with Crippen LogP contribution < -0.4 is 0 Å². The van der Waals surface area contributed by atoms with Gasteiger partial charge in [0, 0.05) is 13.0 Å². The number of allylic oxidation sites excluding steroid dienone is 3. The van der Waals surface area contributed by atoms with Crippen molar-refractivity contribution >= 4 is 17.4 Å². The largest absolute Gasteiger partial charge is 0.478 e. The van der Waals surface area contributed by atoms with Gasteiger partial charge < -0.3 is 10.0 Å². The number of alkyl halides is 3. The number of benzene rings is 2. The molecule has 7 heteroatoms. The van der Waals surface area contributed by atoms with Crippen molar-refractivity contribution in [2.24, 2.45) is 0 Å². The minimum absolute atomic E-state index is 0.0418. The van der Waals surface area contributed by atoms with Gasteiger partial charge in [-0.2, -0.15) is 13.2 Å². The topological polar surface area (TPSA) is 57.6 Å². The Labute approximate surface area is 178 Å². The molecule has 1 atom stereocenters. The molecule has 1 heterocycles. The normalized spacial score (nSPS) is 17.5. The van der Waals surface area contributed by atoms with Crippen LogP contribution in [0.3, 0.4) is 0 Å². The van der Waals surface area contributed by atoms with Gasteiger partial charge in [-0.05, 0) is 42.2 Å². The van der Waals surface area contributed by atoms with Crippen molar-refractivity contribution in [3.05, 3.63) is 89.5 Å². The molecule has 162 valence electrons. The zero-order valence-corrected chi connectivity index (χ0v) is 16.7. The molecule has 1 saturated heterocycles. The summed E-state index contributed by atoms with van der Waals surface area (Å²) in [5, 5.41) is 8.96. The van der Waals surface area contributed by atoms with E-state index in [1.807, 2.05) is 0 Å². The molecule has 0 spiro atoms. The summed E-state index contributed by atoms with van der Waals surface area (Å²) in [5.74, 6) is -1.05. The maximum Gasteiger partial charge on any atom is 0.416 e. The zero-order chi connectivity index (χ0) is 22.4. The summed E-state index contributed by atoms with van der Waals surface area (Å²) in [6.07, 6.45) is 0.986. The van der Waals surface area contributed by atoms with Crippen LogP contribution in [0.15, 0.2) is 72.8 Å². The van der Waals surface area contributed by atoms with E-state index in [1.165, 1.54) is 30.3 Å². The van der Waals surface area contributed by atoms with Gasteiger partial charge in [0.05, 0.1) is 17.2 Å². The SMILES string of the molecule is O=C(O)c1ccc(CCN2C(=O)CC[C@@H]2/C=C\C=C(\c2ccccc2)C(F)(F)F)cc1. The molecule has 0 bridgehead atoms. The molecule has 2 aromatic carbocycles. The number of hydrogen-bond acceptors (Lipinski definition) is 2. The predicted octanol–water partition coefficient (Wildman–Crippen LogP) is 5.12. The summed E-state index contributed by atoms with van der Waals surface area (Å²) in [6.45, 7) is 0.411. The Hall–Kier alpha value is -3.35. The number of aromatic carboxylic acids is 1. The minimum Gasteiger partial charge on any atom is -0.478 e. The lowest BCUT2D eigenvalue weighted by Gasteiger charge is -2.22. The highest BCUT2D eigenvalue weighted by atomic mass is 19.4. The van der Waals surface area contributed by atoms with E-state index in [4.69, 9.17) is 5.11 Å². The second kappa shape index (κ2) is 9.64. The van der Waals surface area contributed by atoms with Crippen LogP contribution in [0.25, 0.3) is 5.57 Å². The molecule has 31 heavy (non-hydrogen) atoms. The number of carbonyl (C=O) groups is 2. The number of rotatable bonds is 7. The Morgan fingerprint density at radius 1 is 1.06 bits per heavy atom. The quantitative estimate of drug-likeness (QED) is 0.622. The van der Waals surface area contributed by atoms with E-state index in [0.29, 0.717) is 25.8 Å². The number of amides is 1. The molecule has 0 aromatic heterocycles. The third kappa shape index (κ3) is 5.84. The highest BCUT2D eigenvalue weighted by Crippen LogP contribution is 2.33. The van der Waals surface area contributed by atoms with Crippen molar-refractivity contribution in [3.63, 3.8) is 0 Å². The van der Waals surface area contributed by atoms with Crippen molar-refractivity contribution < 1.29 is 27.9 Å². The van der Waals surface area contributed by atoms with E-state index < -0.39 is 17.7 Å². The smallest absolute Gasteiger partial charge is 0.416 e. The number of halogens is 3. The van der Waals surface area contributed by atoms with Crippen molar-refractivity contribution in [2.75, 3.05) is 6.54 Å². The van der Waals surface area contributed by atoms with Gasteiger partial charge in [-0.25, -0.2) is 4.79 Å². The molecule has 1 fully saturated rings. The first-order valence-electron chi connectivity index (χ1n) is 9.88. The van der Waals surface area contributed by atoms with Crippen LogP contribution in [0.1, 0.15) is 34.3 Å². The fraction of sp³-hybridized carbons (Fsp3) is 0.250. The van der Waals surface area contributed by atoms with Gasteiger partial charge in [0.2, 0.25) is 5.91 Å². The van der Waals surface area contributed by atoms with Gasteiger partial charge >= 0.3 is 12.1 Å². The summed E-state index contributed by atoms with van der Waals surface area (Å²) < 4.78 is 40.3. The van der Waals surface area contributed by atoms with Crippen molar-refractivity contribution in [2.45, 2.75) is 31.5 Å². The van der Waals surface area contributed by atoms with Crippen LogP contribution in [0.4, 0.5) is 13.2 Å². The first-order valence-corrected chi connectivity index (χ1v) is 9.88. The van der Waals surface area contributed by atoms with Crippen molar-refractivity contribution in [3.8, 4) is 0 Å². The molecule has 0 unspecified atom stereocenters. The van der Waals surface area contributed by atoms with E-state index >= 15 is 0 Å². The average molecular weight is 429 g/mol. The number of hydrogen-bond donors (Lipinski definition) is 1. The predicted molar refractivity (Wildman–Crippen MR) is 111 cm³/mol. The number of carboxylic acids is 1. The van der Waals surface area contributed by atoms with Crippen molar-refractivity contribution in [1.82, 2.24) is 4.90 Å². The van der Waals surface area contributed by atoms with Crippen LogP contribution in [0.2, 0.25) is 0 Å². The Morgan fingerprint density at radius 2 is 1.74 bits per heavy atom. The van der Waals surface area contributed by atoms with Crippen LogP contribution >= 0.6 is 0 Å². The summed E-state index contributed by atoms with van der Waals surface area (Å²) in [4.78, 5) is 24.8. The summed E-state index contributed by atoms with van der Waals surface area (Å²) in [7, 11) is 0. The summed E-state index contributed by atoms with van der Waals surface area (Å²) >= 11 is 0. The Kier molecular flexibility index (Phi) is 6.95. The molecule has 1 aliphatic rings. The third-order valence-corrected chi connectivity index (χ3v) is 5.20. The zero-order valence-electron chi connectivity index (χ0n) is 16.7. The lowest BCUT2D eigenvalue weighted by molar-refractivity contribution is -0.128. The van der Waals surface area contributed by atoms with Gasteiger partial charge in [-0.3, -0.25) is 4.79 Å². The molecule has 4 nitrogen and oxygen atoms in total. The van der Waals surface area contributed by atoms with Crippen LogP contribution in [-0.4, -0.2) is 40.6 Å². The van der Waals surface area contributed by atoms with Crippen molar-refractivity contribution in [1.29, 1.82) is 0 Å². The fourth-order valence-electron chi connectivity index (χ4n) is 3.56. The molecule has 3 rings (SSSR count). The van der Waals surface area contributed by atoms with Gasteiger partial charge in [0.1, 0.15) is 0 Å². The number of likely N-dealkylation sites (tertiary alicyclic amines) is 1. The van der Waals surface area contributed by atoms with E-state index in [-0.39, 0.29) is 23.1 Å². The lowest BCUT2D eigenvalue weighted by Crippen LogP contribution is -2.33. The van der Waals surface area contributed by atoms with E-state index in [9.17, 15) is 22.8 Å². The maximum absolute atomic E-state index is 13.4. The molecular formula is C24H22F3NO3. The van der Waals surface area contributed by atoms with Crippen LogP contribution in [0, 0.1) is 0 Å². The standard InChI is InChI=1S/C24H22F3NO3/c25-24(26,27)21(18-5-2-1-3-6-18)8-4-7-20-13-14-22(29)28(20)16-15-17-9-11-19(12-10-17)23(30)31/h1-12,20H,13-16H2,(H,30,31)/b7-4-,21-8-/t20-/m0/s1. The third-order valence-electron chi connectivity index (χ3n) is 5.20. The van der Waals surface area contributed by atoms with E-state index in [2.05, 4.69) is 0 Å². The lowest BCUT2D eigenvalue weighted by atomic mass is 10.0. The molecule has 0 radical (unpaired) electrons. The Balaban J connectivity index is 1.69. The summed E-state index contributed by atoms with van der Waals surface area (Å²) in [5.41, 5.74) is 0.422. The Bertz CT molecular complexity index is 979. The van der Waals surface area contributed by atoms with Gasteiger partial charge in [-0.15, -0.1) is 0 Å². The molecule has 1 amide bonds. The number of carboxylic acid groups (broad SMARTS) is 1.